The van der Waals surface area contributed by atoms with E-state index in [1.54, 1.807) is 48.5 Å². The van der Waals surface area contributed by atoms with Gasteiger partial charge >= 0.3 is 0 Å². The molecule has 2 amide bonds. The second kappa shape index (κ2) is 9.41. The van der Waals surface area contributed by atoms with Gasteiger partial charge in [-0.25, -0.2) is 4.90 Å². The van der Waals surface area contributed by atoms with Gasteiger partial charge in [-0.15, -0.1) is 11.8 Å². The van der Waals surface area contributed by atoms with Gasteiger partial charge in [0, 0.05) is 16.8 Å². The highest BCUT2D eigenvalue weighted by atomic mass is 35.5. The molecule has 0 unspecified atom stereocenters. The molecule has 0 bridgehead atoms. The Morgan fingerprint density at radius 2 is 1.65 bits per heavy atom. The van der Waals surface area contributed by atoms with Crippen LogP contribution in [-0.2, 0) is 15.3 Å². The van der Waals surface area contributed by atoms with E-state index >= 15 is 0 Å². The Balaban J connectivity index is 1.72. The minimum Gasteiger partial charge on any atom is -0.494 e. The van der Waals surface area contributed by atoms with Gasteiger partial charge in [-0.1, -0.05) is 60.1 Å². The standard InChI is InChI=1S/C25H20ClNO3S/c1-2-30-21-10-6-9-20(15-21)27-24(28)22(18-11-13-19(26)14-12-18)23(25(27)29)31-16-17-7-4-3-5-8-17/h3-15H,2,16H2,1H3. The Hall–Kier alpha value is -3.02. The molecule has 0 radical (unpaired) electrons. The predicted molar refractivity (Wildman–Crippen MR) is 126 cm³/mol. The third-order valence-corrected chi connectivity index (χ3v) is 6.18. The number of hydrogen-bond donors (Lipinski definition) is 0. The maximum atomic E-state index is 13.5. The van der Waals surface area contributed by atoms with Crippen LogP contribution in [0.15, 0.2) is 83.8 Å². The lowest BCUT2D eigenvalue weighted by atomic mass is 10.1. The molecule has 1 aliphatic heterocycles. The molecule has 1 aliphatic rings. The van der Waals surface area contributed by atoms with Crippen LogP contribution in [0.5, 0.6) is 5.75 Å². The number of nitrogens with zero attached hydrogens (tertiary/aromatic N) is 1. The summed E-state index contributed by atoms with van der Waals surface area (Å²) in [5.41, 5.74) is 2.63. The van der Waals surface area contributed by atoms with Gasteiger partial charge in [0.1, 0.15) is 5.75 Å². The molecule has 0 N–H and O–H groups in total. The lowest BCUT2D eigenvalue weighted by Crippen LogP contribution is -2.31. The first-order valence-corrected chi connectivity index (χ1v) is 11.2. The van der Waals surface area contributed by atoms with Gasteiger partial charge in [0.05, 0.1) is 22.8 Å². The van der Waals surface area contributed by atoms with Crippen LogP contribution in [0.2, 0.25) is 5.02 Å². The highest BCUT2D eigenvalue weighted by molar-refractivity contribution is 8.03. The van der Waals surface area contributed by atoms with Crippen LogP contribution in [0.1, 0.15) is 18.1 Å². The van der Waals surface area contributed by atoms with E-state index < -0.39 is 0 Å². The van der Waals surface area contributed by atoms with E-state index in [9.17, 15) is 9.59 Å². The number of ether oxygens (including phenoxy) is 1. The molecule has 1 heterocycles. The highest BCUT2D eigenvalue weighted by Crippen LogP contribution is 2.40. The number of amides is 2. The van der Waals surface area contributed by atoms with Crippen LogP contribution in [0.3, 0.4) is 0 Å². The first-order valence-electron chi connectivity index (χ1n) is 9.87. The molecule has 3 aromatic rings. The number of thioether (sulfide) groups is 1. The SMILES string of the molecule is CCOc1cccc(N2C(=O)C(SCc3ccccc3)=C(c3ccc(Cl)cc3)C2=O)c1. The zero-order valence-corrected chi connectivity index (χ0v) is 18.5. The number of anilines is 1. The monoisotopic (exact) mass is 449 g/mol. The number of carbonyl (C=O) groups excluding carboxylic acids is 2. The van der Waals surface area contributed by atoms with Crippen LogP contribution >= 0.6 is 23.4 Å². The van der Waals surface area contributed by atoms with Crippen molar-refractivity contribution in [2.45, 2.75) is 12.7 Å². The van der Waals surface area contributed by atoms with Crippen molar-refractivity contribution in [3.05, 3.63) is 99.9 Å². The average molecular weight is 450 g/mol. The van der Waals surface area contributed by atoms with Crippen molar-refractivity contribution in [1.29, 1.82) is 0 Å². The molecule has 31 heavy (non-hydrogen) atoms. The predicted octanol–water partition coefficient (Wildman–Crippen LogP) is 5.96. The molecule has 4 rings (SSSR count). The lowest BCUT2D eigenvalue weighted by Gasteiger charge is -2.16. The summed E-state index contributed by atoms with van der Waals surface area (Å²) in [6, 6.07) is 23.9. The zero-order chi connectivity index (χ0) is 21.8. The van der Waals surface area contributed by atoms with Gasteiger partial charge in [0.25, 0.3) is 11.8 Å². The van der Waals surface area contributed by atoms with E-state index in [1.165, 1.54) is 16.7 Å². The van der Waals surface area contributed by atoms with E-state index in [2.05, 4.69) is 0 Å². The van der Waals surface area contributed by atoms with Crippen LogP contribution in [0.4, 0.5) is 5.69 Å². The molecule has 0 aliphatic carbocycles. The fourth-order valence-electron chi connectivity index (χ4n) is 3.36. The van der Waals surface area contributed by atoms with Crippen molar-refractivity contribution in [2.24, 2.45) is 0 Å². The molecule has 156 valence electrons. The van der Waals surface area contributed by atoms with Crippen molar-refractivity contribution in [3.63, 3.8) is 0 Å². The Kier molecular flexibility index (Phi) is 6.44. The number of hydrogen-bond acceptors (Lipinski definition) is 4. The van der Waals surface area contributed by atoms with Gasteiger partial charge in [-0.2, -0.15) is 0 Å². The van der Waals surface area contributed by atoms with Crippen LogP contribution < -0.4 is 9.64 Å². The van der Waals surface area contributed by atoms with E-state index in [4.69, 9.17) is 16.3 Å². The van der Waals surface area contributed by atoms with Crippen molar-refractivity contribution < 1.29 is 14.3 Å². The third kappa shape index (κ3) is 4.53. The maximum Gasteiger partial charge on any atom is 0.272 e. The normalized spacial score (nSPS) is 13.8. The van der Waals surface area contributed by atoms with Gasteiger partial charge in [0.2, 0.25) is 0 Å². The molecule has 0 aromatic heterocycles. The fourth-order valence-corrected chi connectivity index (χ4v) is 4.55. The van der Waals surface area contributed by atoms with Gasteiger partial charge < -0.3 is 4.74 Å². The molecule has 0 spiro atoms. The zero-order valence-electron chi connectivity index (χ0n) is 16.9. The van der Waals surface area contributed by atoms with E-state index in [0.717, 1.165) is 5.56 Å². The number of imide groups is 1. The lowest BCUT2D eigenvalue weighted by molar-refractivity contribution is -0.119. The summed E-state index contributed by atoms with van der Waals surface area (Å²) in [5.74, 6) is 0.513. The molecular formula is C25H20ClNO3S. The van der Waals surface area contributed by atoms with Gasteiger partial charge in [-0.3, -0.25) is 9.59 Å². The second-order valence-corrected chi connectivity index (χ2v) is 8.28. The number of carbonyl (C=O) groups is 2. The van der Waals surface area contributed by atoms with E-state index in [0.29, 0.717) is 44.9 Å². The Morgan fingerprint density at radius 3 is 2.35 bits per heavy atom. The van der Waals surface area contributed by atoms with Crippen LogP contribution in [0.25, 0.3) is 5.57 Å². The minimum absolute atomic E-state index is 0.329. The summed E-state index contributed by atoms with van der Waals surface area (Å²) >= 11 is 7.41. The largest absolute Gasteiger partial charge is 0.494 e. The van der Waals surface area contributed by atoms with Gasteiger partial charge in [-0.05, 0) is 42.3 Å². The quantitative estimate of drug-likeness (QED) is 0.418. The van der Waals surface area contributed by atoms with Crippen molar-refractivity contribution in [2.75, 3.05) is 11.5 Å². The minimum atomic E-state index is -0.350. The summed E-state index contributed by atoms with van der Waals surface area (Å²) < 4.78 is 5.55. The van der Waals surface area contributed by atoms with Crippen molar-refractivity contribution in [3.8, 4) is 5.75 Å². The molecule has 4 nitrogen and oxygen atoms in total. The van der Waals surface area contributed by atoms with Crippen LogP contribution in [0, 0.1) is 0 Å². The summed E-state index contributed by atoms with van der Waals surface area (Å²) in [6.07, 6.45) is 0. The van der Waals surface area contributed by atoms with Crippen molar-refractivity contribution >= 4 is 46.4 Å². The first-order chi connectivity index (χ1) is 15.1. The van der Waals surface area contributed by atoms with E-state index in [-0.39, 0.29) is 11.8 Å². The molecule has 3 aromatic carbocycles. The molecule has 0 saturated carbocycles. The maximum absolute atomic E-state index is 13.5. The molecule has 6 heteroatoms. The number of benzene rings is 3. The molecular weight excluding hydrogens is 430 g/mol. The summed E-state index contributed by atoms with van der Waals surface area (Å²) in [4.78, 5) is 28.5. The number of rotatable bonds is 7. The topological polar surface area (TPSA) is 46.6 Å². The van der Waals surface area contributed by atoms with Crippen molar-refractivity contribution in [1.82, 2.24) is 0 Å². The Morgan fingerprint density at radius 1 is 0.903 bits per heavy atom. The number of halogens is 1. The Labute approximate surface area is 190 Å². The Bertz CT molecular complexity index is 1140. The second-order valence-electron chi connectivity index (χ2n) is 6.86. The summed E-state index contributed by atoms with van der Waals surface area (Å²) in [5, 5.41) is 0.570. The summed E-state index contributed by atoms with van der Waals surface area (Å²) in [6.45, 7) is 2.38. The molecule has 0 fully saturated rings. The van der Waals surface area contributed by atoms with Gasteiger partial charge in [0.15, 0.2) is 0 Å². The van der Waals surface area contributed by atoms with Crippen LogP contribution in [-0.4, -0.2) is 18.4 Å². The van der Waals surface area contributed by atoms with E-state index in [1.807, 2.05) is 37.3 Å². The highest BCUT2D eigenvalue weighted by Gasteiger charge is 2.40. The smallest absolute Gasteiger partial charge is 0.272 e. The molecule has 0 saturated heterocycles. The third-order valence-electron chi connectivity index (χ3n) is 4.79. The average Bonchev–Trinajstić information content (AvgIpc) is 3.03. The first kappa shape index (κ1) is 21.2. The molecule has 0 atom stereocenters. The summed E-state index contributed by atoms with van der Waals surface area (Å²) in [7, 11) is 0. The fraction of sp³-hybridized carbons (Fsp3) is 0.120.